The molecule has 3 saturated carbocycles. The molecule has 3 aliphatic carbocycles. The summed E-state index contributed by atoms with van der Waals surface area (Å²) in [7, 11) is 0. The molecule has 0 radical (unpaired) electrons. The van der Waals surface area contributed by atoms with Crippen LogP contribution in [0.25, 0.3) is 0 Å². The number of rotatable bonds is 2. The Kier molecular flexibility index (Phi) is 4.54. The second kappa shape index (κ2) is 5.79. The molecule has 0 aromatic heterocycles. The zero-order valence-electron chi connectivity index (χ0n) is 10.9. The number of carbonyl (C=O) groups excluding carboxylic acids is 1. The molecule has 3 fully saturated rings. The summed E-state index contributed by atoms with van der Waals surface area (Å²) in [5.41, 5.74) is 6.21. The van der Waals surface area contributed by atoms with Crippen LogP contribution in [0.15, 0.2) is 0 Å². The highest BCUT2D eigenvalue weighted by atomic mass is 35.5. The molecule has 3 N–H and O–H groups in total. The van der Waals surface area contributed by atoms with Crippen molar-refractivity contribution in [1.29, 1.82) is 0 Å². The van der Waals surface area contributed by atoms with Crippen molar-refractivity contribution in [2.24, 2.45) is 23.5 Å². The van der Waals surface area contributed by atoms with Gasteiger partial charge in [0.15, 0.2) is 0 Å². The summed E-state index contributed by atoms with van der Waals surface area (Å²) in [6.45, 7) is 0. The van der Waals surface area contributed by atoms with Crippen LogP contribution in [0.3, 0.4) is 0 Å². The third kappa shape index (κ3) is 2.53. The summed E-state index contributed by atoms with van der Waals surface area (Å²) < 4.78 is 0. The van der Waals surface area contributed by atoms with E-state index in [1.807, 2.05) is 0 Å². The number of fused-ring (bicyclic) bond motifs is 2. The van der Waals surface area contributed by atoms with Crippen molar-refractivity contribution in [3.63, 3.8) is 0 Å². The van der Waals surface area contributed by atoms with Gasteiger partial charge in [-0.3, -0.25) is 4.79 Å². The van der Waals surface area contributed by atoms with Gasteiger partial charge in [0.05, 0.1) is 5.92 Å². The van der Waals surface area contributed by atoms with Gasteiger partial charge in [-0.25, -0.2) is 0 Å². The Bertz CT molecular complexity index is 302. The van der Waals surface area contributed by atoms with E-state index in [1.165, 1.54) is 51.4 Å². The number of carbonyl (C=O) groups is 1. The lowest BCUT2D eigenvalue weighted by atomic mass is 9.84. The Hall–Kier alpha value is -0.280. The van der Waals surface area contributed by atoms with E-state index in [9.17, 15) is 4.79 Å². The van der Waals surface area contributed by atoms with Crippen molar-refractivity contribution in [2.45, 2.75) is 63.5 Å². The van der Waals surface area contributed by atoms with Gasteiger partial charge in [0.1, 0.15) is 0 Å². The topological polar surface area (TPSA) is 55.1 Å². The van der Waals surface area contributed by atoms with Crippen LogP contribution in [-0.4, -0.2) is 18.0 Å². The summed E-state index contributed by atoms with van der Waals surface area (Å²) in [6.07, 6.45) is 9.88. The van der Waals surface area contributed by atoms with Crippen LogP contribution >= 0.6 is 12.4 Å². The Morgan fingerprint density at radius 1 is 1.00 bits per heavy atom. The summed E-state index contributed by atoms with van der Waals surface area (Å²) >= 11 is 0. The summed E-state index contributed by atoms with van der Waals surface area (Å²) in [6, 6.07) is 0.569. The maximum Gasteiger partial charge on any atom is 0.225 e. The predicted molar refractivity (Wildman–Crippen MR) is 74.6 cm³/mol. The number of hydrogen-bond donors (Lipinski definition) is 2. The van der Waals surface area contributed by atoms with E-state index in [0.29, 0.717) is 17.9 Å². The first-order valence-corrected chi connectivity index (χ1v) is 7.31. The molecule has 0 aliphatic heterocycles. The van der Waals surface area contributed by atoms with E-state index in [4.69, 9.17) is 5.73 Å². The first-order valence-electron chi connectivity index (χ1n) is 7.31. The second-order valence-electron chi connectivity index (χ2n) is 6.28. The summed E-state index contributed by atoms with van der Waals surface area (Å²) in [5, 5.41) is 3.26. The number of hydrogen-bond acceptors (Lipinski definition) is 2. The average molecular weight is 273 g/mol. The molecule has 0 heterocycles. The minimum absolute atomic E-state index is 0. The molecular weight excluding hydrogens is 248 g/mol. The van der Waals surface area contributed by atoms with Gasteiger partial charge in [0.2, 0.25) is 5.91 Å². The van der Waals surface area contributed by atoms with Crippen LogP contribution in [0, 0.1) is 17.8 Å². The van der Waals surface area contributed by atoms with Gasteiger partial charge in [0.25, 0.3) is 0 Å². The molecular formula is C14H25ClN2O. The second-order valence-corrected chi connectivity index (χ2v) is 6.28. The maximum absolute atomic E-state index is 12.3. The number of nitrogens with two attached hydrogens (primary N) is 1. The van der Waals surface area contributed by atoms with E-state index in [0.717, 1.165) is 0 Å². The standard InChI is InChI=1S/C14H24N2O.ClH/c15-13-10-7-6-9(8-10)12(13)14(17)16-11-4-2-1-3-5-11;/h9-13H,1-8,15H2,(H,16,17);1H. The van der Waals surface area contributed by atoms with E-state index in [1.54, 1.807) is 0 Å². The fourth-order valence-corrected chi connectivity index (χ4v) is 4.27. The molecule has 4 unspecified atom stereocenters. The Labute approximate surface area is 116 Å². The third-order valence-electron chi connectivity index (χ3n) is 5.23. The van der Waals surface area contributed by atoms with Gasteiger partial charge in [-0.05, 0) is 43.9 Å². The van der Waals surface area contributed by atoms with Crippen molar-refractivity contribution in [1.82, 2.24) is 5.32 Å². The predicted octanol–water partition coefficient (Wildman–Crippen LogP) is 2.23. The fraction of sp³-hybridized carbons (Fsp3) is 0.929. The average Bonchev–Trinajstić information content (AvgIpc) is 2.90. The molecule has 0 aromatic rings. The number of halogens is 1. The molecule has 4 atom stereocenters. The molecule has 2 bridgehead atoms. The summed E-state index contributed by atoms with van der Waals surface area (Å²) in [4.78, 5) is 12.3. The Morgan fingerprint density at radius 2 is 1.67 bits per heavy atom. The van der Waals surface area contributed by atoms with Crippen LogP contribution in [0.5, 0.6) is 0 Å². The van der Waals surface area contributed by atoms with Crippen molar-refractivity contribution in [2.75, 3.05) is 0 Å². The first kappa shape index (κ1) is 14.1. The normalized spacial score (nSPS) is 39.4. The van der Waals surface area contributed by atoms with Gasteiger partial charge >= 0.3 is 0 Å². The van der Waals surface area contributed by atoms with Gasteiger partial charge in [-0.15, -0.1) is 12.4 Å². The Balaban J connectivity index is 0.00000120. The van der Waals surface area contributed by atoms with Crippen LogP contribution < -0.4 is 11.1 Å². The summed E-state index contributed by atoms with van der Waals surface area (Å²) in [5.74, 6) is 1.59. The first-order chi connectivity index (χ1) is 8.25. The van der Waals surface area contributed by atoms with Crippen molar-refractivity contribution < 1.29 is 4.79 Å². The minimum Gasteiger partial charge on any atom is -0.353 e. The van der Waals surface area contributed by atoms with Crippen molar-refractivity contribution in [3.05, 3.63) is 0 Å². The highest BCUT2D eigenvalue weighted by Gasteiger charge is 2.49. The lowest BCUT2D eigenvalue weighted by Gasteiger charge is -2.30. The van der Waals surface area contributed by atoms with Gasteiger partial charge in [-0.2, -0.15) is 0 Å². The maximum atomic E-state index is 12.3. The Morgan fingerprint density at radius 3 is 2.28 bits per heavy atom. The molecule has 18 heavy (non-hydrogen) atoms. The smallest absolute Gasteiger partial charge is 0.225 e. The fourth-order valence-electron chi connectivity index (χ4n) is 4.27. The van der Waals surface area contributed by atoms with Crippen molar-refractivity contribution >= 4 is 18.3 Å². The largest absolute Gasteiger partial charge is 0.353 e. The van der Waals surface area contributed by atoms with Crippen LogP contribution in [0.1, 0.15) is 51.4 Å². The van der Waals surface area contributed by atoms with Crippen LogP contribution in [-0.2, 0) is 4.79 Å². The minimum atomic E-state index is 0. The molecule has 104 valence electrons. The van der Waals surface area contributed by atoms with E-state index < -0.39 is 0 Å². The van der Waals surface area contributed by atoms with Gasteiger partial charge in [0, 0.05) is 12.1 Å². The molecule has 0 spiro atoms. The zero-order chi connectivity index (χ0) is 11.8. The molecule has 1 amide bonds. The molecule has 3 rings (SSSR count). The van der Waals surface area contributed by atoms with Gasteiger partial charge < -0.3 is 11.1 Å². The van der Waals surface area contributed by atoms with Crippen LogP contribution in [0.4, 0.5) is 0 Å². The SMILES string of the molecule is Cl.NC1C2CCC(C2)C1C(=O)NC1CCCCC1. The lowest BCUT2D eigenvalue weighted by molar-refractivity contribution is -0.128. The zero-order valence-corrected chi connectivity index (χ0v) is 11.8. The number of amides is 1. The van der Waals surface area contributed by atoms with Crippen molar-refractivity contribution in [3.8, 4) is 0 Å². The van der Waals surface area contributed by atoms with E-state index >= 15 is 0 Å². The van der Waals surface area contributed by atoms with Gasteiger partial charge in [-0.1, -0.05) is 19.3 Å². The monoisotopic (exact) mass is 272 g/mol. The molecule has 0 aromatic carbocycles. The highest BCUT2D eigenvalue weighted by molar-refractivity contribution is 5.85. The highest BCUT2D eigenvalue weighted by Crippen LogP contribution is 2.47. The van der Waals surface area contributed by atoms with E-state index in [-0.39, 0.29) is 30.3 Å². The van der Waals surface area contributed by atoms with E-state index in [2.05, 4.69) is 5.32 Å². The third-order valence-corrected chi connectivity index (χ3v) is 5.23. The van der Waals surface area contributed by atoms with Crippen LogP contribution in [0.2, 0.25) is 0 Å². The molecule has 4 heteroatoms. The molecule has 0 saturated heterocycles. The molecule has 3 nitrogen and oxygen atoms in total. The lowest BCUT2D eigenvalue weighted by Crippen LogP contribution is -2.48. The molecule has 3 aliphatic rings. The quantitative estimate of drug-likeness (QED) is 0.810. The number of nitrogens with one attached hydrogen (secondary N) is 1.